The summed E-state index contributed by atoms with van der Waals surface area (Å²) in [7, 11) is 0. The number of fused-ring (bicyclic) bond motifs is 5. The zero-order chi connectivity index (χ0) is 37.0. The Bertz CT molecular complexity index is 1560. The number of thioether (sulfide) groups is 1. The zero-order valence-corrected chi connectivity index (χ0v) is 34.1. The Hall–Kier alpha value is -2.48. The standard InChI is InChI=1S/C44H66N4O3S/c1-8-10-27-48-41(32-21-25-45-26-22-32)46-47-42(48)52-40(50)18-17-39(49)51-34-19-23-43(6)33(28-34)13-14-35-37-16-15-36(44(37,7)24-20-38(35)43)30(5)11-12-31(9-2)29(3)4/h13,21-22,25-26,29-31,34-38H,8-12,14-20,23-24,27-28H2,1-7H3/t30-,31-,34+,35+,36-,37+,38+,43+,44-/m1/s1. The van der Waals surface area contributed by atoms with Crippen molar-refractivity contribution in [2.45, 2.75) is 163 Å². The predicted molar refractivity (Wildman–Crippen MR) is 210 cm³/mol. The van der Waals surface area contributed by atoms with Crippen LogP contribution in [-0.2, 0) is 20.9 Å². The number of esters is 1. The summed E-state index contributed by atoms with van der Waals surface area (Å²) in [5.41, 5.74) is 3.16. The Kier molecular flexibility index (Phi) is 12.7. The normalized spacial score (nSPS) is 30.9. The predicted octanol–water partition coefficient (Wildman–Crippen LogP) is 11.1. The molecule has 2 heterocycles. The average Bonchev–Trinajstić information content (AvgIpc) is 3.70. The number of unbranched alkanes of at least 4 members (excludes halogenated alkanes) is 1. The quantitative estimate of drug-likeness (QED) is 0.102. The van der Waals surface area contributed by atoms with Gasteiger partial charge in [0.05, 0.1) is 6.42 Å². The van der Waals surface area contributed by atoms with Crippen molar-refractivity contribution < 1.29 is 14.3 Å². The first-order valence-electron chi connectivity index (χ1n) is 20.9. The van der Waals surface area contributed by atoms with Crippen LogP contribution < -0.4 is 0 Å². The van der Waals surface area contributed by atoms with Crippen LogP contribution in [0.5, 0.6) is 0 Å². The van der Waals surface area contributed by atoms with Crippen LogP contribution in [0.2, 0.25) is 0 Å². The summed E-state index contributed by atoms with van der Waals surface area (Å²) >= 11 is 1.08. The van der Waals surface area contributed by atoms with Gasteiger partial charge in [0.15, 0.2) is 16.1 Å². The largest absolute Gasteiger partial charge is 0.462 e. The molecule has 2 aromatic heterocycles. The Balaban J connectivity index is 1.01. The summed E-state index contributed by atoms with van der Waals surface area (Å²) in [6.07, 6.45) is 21.9. The lowest BCUT2D eigenvalue weighted by atomic mass is 9.47. The third-order valence-corrected chi connectivity index (χ3v) is 15.6. The third kappa shape index (κ3) is 8.12. The lowest BCUT2D eigenvalue weighted by molar-refractivity contribution is -0.152. The first kappa shape index (κ1) is 39.2. The van der Waals surface area contributed by atoms with Gasteiger partial charge in [0, 0.05) is 37.3 Å². The van der Waals surface area contributed by atoms with Crippen LogP contribution in [0.1, 0.15) is 145 Å². The highest BCUT2D eigenvalue weighted by molar-refractivity contribution is 8.13. The minimum absolute atomic E-state index is 0.0884. The number of rotatable bonds is 15. The minimum Gasteiger partial charge on any atom is -0.462 e. The van der Waals surface area contributed by atoms with Gasteiger partial charge in [-0.25, -0.2) is 0 Å². The topological polar surface area (TPSA) is 87.0 Å². The molecule has 6 rings (SSSR count). The van der Waals surface area contributed by atoms with Crippen molar-refractivity contribution >= 4 is 22.8 Å². The molecule has 3 fully saturated rings. The third-order valence-electron chi connectivity index (χ3n) is 14.7. The summed E-state index contributed by atoms with van der Waals surface area (Å²) < 4.78 is 8.08. The molecule has 8 heteroatoms. The van der Waals surface area contributed by atoms with E-state index >= 15 is 0 Å². The molecule has 0 radical (unpaired) electrons. The lowest BCUT2D eigenvalue weighted by Gasteiger charge is -2.58. The van der Waals surface area contributed by atoms with Crippen molar-refractivity contribution in [3.63, 3.8) is 0 Å². The van der Waals surface area contributed by atoms with Crippen LogP contribution in [0.3, 0.4) is 0 Å². The summed E-state index contributed by atoms with van der Waals surface area (Å²) in [6, 6.07) is 3.81. The zero-order valence-electron chi connectivity index (χ0n) is 33.2. The fourth-order valence-electron chi connectivity index (χ4n) is 11.6. The Labute approximate surface area is 318 Å². The fraction of sp³-hybridized carbons (Fsp3) is 0.750. The molecule has 0 unspecified atom stereocenters. The molecule has 0 bridgehead atoms. The van der Waals surface area contributed by atoms with Crippen molar-refractivity contribution in [1.29, 1.82) is 0 Å². The van der Waals surface area contributed by atoms with E-state index in [9.17, 15) is 9.59 Å². The first-order chi connectivity index (χ1) is 25.0. The molecule has 4 aliphatic rings. The monoisotopic (exact) mass is 730 g/mol. The van der Waals surface area contributed by atoms with E-state index in [-0.39, 0.29) is 35.4 Å². The molecular weight excluding hydrogens is 665 g/mol. The molecule has 3 saturated carbocycles. The maximum Gasteiger partial charge on any atom is 0.306 e. The molecule has 9 atom stereocenters. The van der Waals surface area contributed by atoms with Crippen LogP contribution in [0.25, 0.3) is 11.4 Å². The second-order valence-electron chi connectivity index (χ2n) is 17.8. The van der Waals surface area contributed by atoms with Gasteiger partial charge in [-0.2, -0.15) is 0 Å². The average molecular weight is 731 g/mol. The Morgan fingerprint density at radius 1 is 0.981 bits per heavy atom. The number of nitrogens with zero attached hydrogens (tertiary/aromatic N) is 4. The van der Waals surface area contributed by atoms with Crippen LogP contribution in [0.4, 0.5) is 0 Å². The van der Waals surface area contributed by atoms with E-state index in [1.165, 1.54) is 56.9 Å². The minimum atomic E-state index is -0.264. The SMILES string of the molecule is CCCCn1c(SC(=O)CCC(=O)O[C@H]2CC[C@@]3(C)C(=CC[C@H]4[C@@H]5CC[C@H]([C@H](C)CC[C@@H](CC)C(C)C)[C@@]5(C)CC[C@@H]43)C2)nnc1-c1ccncc1. The lowest BCUT2D eigenvalue weighted by Crippen LogP contribution is -2.51. The molecule has 0 N–H and O–H groups in total. The van der Waals surface area contributed by atoms with Gasteiger partial charge in [0.25, 0.3) is 0 Å². The number of hydrogen-bond acceptors (Lipinski definition) is 7. The number of hydrogen-bond donors (Lipinski definition) is 0. The van der Waals surface area contributed by atoms with Gasteiger partial charge >= 0.3 is 5.97 Å². The smallest absolute Gasteiger partial charge is 0.306 e. The second-order valence-corrected chi connectivity index (χ2v) is 18.9. The summed E-state index contributed by atoms with van der Waals surface area (Å²) in [6.45, 7) is 17.9. The van der Waals surface area contributed by atoms with E-state index in [2.05, 4.69) is 69.7 Å². The van der Waals surface area contributed by atoms with Gasteiger partial charge in [-0.3, -0.25) is 14.6 Å². The van der Waals surface area contributed by atoms with Gasteiger partial charge < -0.3 is 9.30 Å². The molecule has 0 aliphatic heterocycles. The highest BCUT2D eigenvalue weighted by Gasteiger charge is 2.59. The number of aromatic nitrogens is 4. The van der Waals surface area contributed by atoms with E-state index in [0.29, 0.717) is 10.6 Å². The number of carbonyl (C=O) groups is 2. The highest BCUT2D eigenvalue weighted by Crippen LogP contribution is 2.67. The van der Waals surface area contributed by atoms with E-state index in [1.54, 1.807) is 12.4 Å². The molecule has 4 aliphatic carbocycles. The van der Waals surface area contributed by atoms with Gasteiger partial charge in [0.2, 0.25) is 0 Å². The van der Waals surface area contributed by atoms with Crippen LogP contribution >= 0.6 is 11.8 Å². The molecule has 0 saturated heterocycles. The molecule has 0 amide bonds. The summed E-state index contributed by atoms with van der Waals surface area (Å²) in [5.74, 6) is 6.19. The van der Waals surface area contributed by atoms with Gasteiger partial charge in [-0.15, -0.1) is 10.2 Å². The van der Waals surface area contributed by atoms with Crippen molar-refractivity contribution in [2.75, 3.05) is 0 Å². The Morgan fingerprint density at radius 3 is 2.50 bits per heavy atom. The maximum atomic E-state index is 13.1. The van der Waals surface area contributed by atoms with Crippen LogP contribution in [0.15, 0.2) is 41.3 Å². The number of ether oxygens (including phenoxy) is 1. The maximum absolute atomic E-state index is 13.1. The first-order valence-corrected chi connectivity index (χ1v) is 21.7. The van der Waals surface area contributed by atoms with Crippen molar-refractivity contribution in [1.82, 2.24) is 19.7 Å². The molecule has 2 aromatic rings. The van der Waals surface area contributed by atoms with Crippen molar-refractivity contribution in [3.05, 3.63) is 36.2 Å². The van der Waals surface area contributed by atoms with Crippen molar-refractivity contribution in [3.8, 4) is 11.4 Å². The molecule has 0 spiro atoms. The van der Waals surface area contributed by atoms with Crippen LogP contribution in [0, 0.1) is 52.3 Å². The molecule has 52 heavy (non-hydrogen) atoms. The molecule has 7 nitrogen and oxygen atoms in total. The van der Waals surface area contributed by atoms with E-state index < -0.39 is 0 Å². The summed E-state index contributed by atoms with van der Waals surface area (Å²) in [4.78, 5) is 30.2. The van der Waals surface area contributed by atoms with E-state index in [4.69, 9.17) is 4.74 Å². The van der Waals surface area contributed by atoms with Gasteiger partial charge in [-0.1, -0.05) is 79.4 Å². The highest BCUT2D eigenvalue weighted by atomic mass is 32.2. The van der Waals surface area contributed by atoms with Crippen molar-refractivity contribution in [2.24, 2.45) is 52.3 Å². The van der Waals surface area contributed by atoms with Gasteiger partial charge in [0.1, 0.15) is 6.10 Å². The molecule has 286 valence electrons. The fourth-order valence-corrected chi connectivity index (χ4v) is 12.4. The van der Waals surface area contributed by atoms with E-state index in [0.717, 1.165) is 103 Å². The second kappa shape index (κ2) is 16.9. The summed E-state index contributed by atoms with van der Waals surface area (Å²) in [5, 5.41) is 9.22. The molecular formula is C44H66N4O3S. The molecule has 0 aromatic carbocycles. The van der Waals surface area contributed by atoms with Gasteiger partial charge in [-0.05, 0) is 134 Å². The Morgan fingerprint density at radius 2 is 1.77 bits per heavy atom. The van der Waals surface area contributed by atoms with E-state index in [1.807, 2.05) is 16.7 Å². The number of pyridine rings is 1. The van der Waals surface area contributed by atoms with Crippen LogP contribution in [-0.4, -0.2) is 36.9 Å². The number of carbonyl (C=O) groups excluding carboxylic acids is 2. The number of allylic oxidation sites excluding steroid dienone is 1.